The van der Waals surface area contributed by atoms with Crippen LogP contribution in [0.5, 0.6) is 5.88 Å². The molecule has 0 aromatic carbocycles. The van der Waals surface area contributed by atoms with Crippen LogP contribution in [0.15, 0.2) is 18.3 Å². The minimum absolute atomic E-state index is 0.507. The highest BCUT2D eigenvalue weighted by molar-refractivity contribution is 5.17. The van der Waals surface area contributed by atoms with Gasteiger partial charge in [0.1, 0.15) is 0 Å². The molecule has 0 aliphatic carbocycles. The first-order valence-electron chi connectivity index (χ1n) is 3.47. The highest BCUT2D eigenvalue weighted by Crippen LogP contribution is 2.05. The van der Waals surface area contributed by atoms with Crippen LogP contribution in [-0.4, -0.2) is 12.1 Å². The first-order valence-corrected chi connectivity index (χ1v) is 3.47. The van der Waals surface area contributed by atoms with Crippen molar-refractivity contribution < 1.29 is 4.74 Å². The lowest BCUT2D eigenvalue weighted by Crippen LogP contribution is -2.04. The maximum Gasteiger partial charge on any atom is 0.212 e. The number of hydrogen-bond acceptors (Lipinski definition) is 4. The average Bonchev–Trinajstić information content (AvgIpc) is 2.15. The van der Waals surface area contributed by atoms with Gasteiger partial charge in [0.2, 0.25) is 5.88 Å². The minimum Gasteiger partial charge on any atom is -0.481 e. The molecule has 0 radical (unpaired) electrons. The number of rotatable bonds is 3. The normalized spacial score (nSPS) is 8.67. The van der Waals surface area contributed by atoms with Gasteiger partial charge in [-0.15, -0.1) is 0 Å². The second kappa shape index (κ2) is 4.19. The third-order valence-electron chi connectivity index (χ3n) is 1.38. The van der Waals surface area contributed by atoms with Gasteiger partial charge in [-0.3, -0.25) is 0 Å². The van der Waals surface area contributed by atoms with Crippen LogP contribution in [0.25, 0.3) is 0 Å². The summed E-state index contributed by atoms with van der Waals surface area (Å²) in [5.74, 6) is 0.579. The molecule has 1 rings (SSSR count). The molecule has 62 valence electrons. The Morgan fingerprint density at radius 1 is 1.67 bits per heavy atom. The first kappa shape index (κ1) is 8.34. The highest BCUT2D eigenvalue weighted by Gasteiger charge is 1.93. The zero-order valence-corrected chi connectivity index (χ0v) is 6.74. The van der Waals surface area contributed by atoms with Crippen LogP contribution < -0.4 is 10.1 Å². The molecule has 0 atom stereocenters. The Morgan fingerprint density at radius 2 is 2.50 bits per heavy atom. The smallest absolute Gasteiger partial charge is 0.212 e. The van der Waals surface area contributed by atoms with Gasteiger partial charge in [-0.1, -0.05) is 6.07 Å². The van der Waals surface area contributed by atoms with Gasteiger partial charge in [-0.05, 0) is 5.56 Å². The summed E-state index contributed by atoms with van der Waals surface area (Å²) in [5.41, 5.74) is 0.956. The number of pyridine rings is 1. The van der Waals surface area contributed by atoms with Gasteiger partial charge >= 0.3 is 0 Å². The number of nitriles is 1. The maximum atomic E-state index is 8.22. The highest BCUT2D eigenvalue weighted by atomic mass is 16.5. The van der Waals surface area contributed by atoms with Crippen molar-refractivity contribution in [1.29, 1.82) is 5.26 Å². The predicted octanol–water partition coefficient (Wildman–Crippen LogP) is 0.661. The molecule has 4 heteroatoms. The minimum atomic E-state index is 0.507. The van der Waals surface area contributed by atoms with E-state index in [1.165, 1.54) is 0 Å². The largest absolute Gasteiger partial charge is 0.481 e. The van der Waals surface area contributed by atoms with Crippen LogP contribution in [-0.2, 0) is 6.54 Å². The third kappa shape index (κ3) is 2.13. The molecule has 1 aromatic rings. The van der Waals surface area contributed by atoms with Crippen molar-refractivity contribution in [3.63, 3.8) is 0 Å². The van der Waals surface area contributed by atoms with E-state index in [4.69, 9.17) is 10.00 Å². The fourth-order valence-electron chi connectivity index (χ4n) is 0.778. The summed E-state index contributed by atoms with van der Waals surface area (Å²) in [4.78, 5) is 3.98. The summed E-state index contributed by atoms with van der Waals surface area (Å²) in [6, 6.07) is 3.62. The zero-order chi connectivity index (χ0) is 8.81. The van der Waals surface area contributed by atoms with Gasteiger partial charge in [0.05, 0.1) is 13.7 Å². The lowest BCUT2D eigenvalue weighted by molar-refractivity contribution is 0.397. The van der Waals surface area contributed by atoms with E-state index in [1.54, 1.807) is 19.4 Å². The van der Waals surface area contributed by atoms with E-state index >= 15 is 0 Å². The van der Waals surface area contributed by atoms with E-state index in [0.717, 1.165) is 5.56 Å². The van der Waals surface area contributed by atoms with Crippen LogP contribution in [0.4, 0.5) is 0 Å². The van der Waals surface area contributed by atoms with Gasteiger partial charge < -0.3 is 10.1 Å². The Bertz CT molecular complexity index is 275. The Balaban J connectivity index is 2.60. The van der Waals surface area contributed by atoms with Crippen molar-refractivity contribution in [3.05, 3.63) is 23.9 Å². The Hall–Kier alpha value is -1.76. The molecule has 0 bridgehead atoms. The van der Waals surface area contributed by atoms with Crippen LogP contribution in [0, 0.1) is 11.5 Å². The number of methoxy groups -OCH3 is 1. The van der Waals surface area contributed by atoms with Crippen molar-refractivity contribution in [3.8, 4) is 12.1 Å². The lowest BCUT2D eigenvalue weighted by atomic mass is 10.3. The molecule has 1 N–H and O–H groups in total. The van der Waals surface area contributed by atoms with E-state index in [1.807, 2.05) is 12.3 Å². The standard InChI is InChI=1S/C8H9N3O/c1-12-8-3-2-7(5-11-8)4-10-6-9/h2-3,5,10H,4H2,1H3. The topological polar surface area (TPSA) is 57.9 Å². The molecule has 0 saturated heterocycles. The van der Waals surface area contributed by atoms with Crippen molar-refractivity contribution >= 4 is 0 Å². The average molecular weight is 163 g/mol. The van der Waals surface area contributed by atoms with Crippen molar-refractivity contribution in [2.24, 2.45) is 0 Å². The summed E-state index contributed by atoms with van der Waals surface area (Å²) in [7, 11) is 1.57. The molecule has 0 spiro atoms. The van der Waals surface area contributed by atoms with Crippen LogP contribution in [0.3, 0.4) is 0 Å². The fourth-order valence-corrected chi connectivity index (χ4v) is 0.778. The van der Waals surface area contributed by atoms with Gasteiger partial charge in [-0.2, -0.15) is 5.26 Å². The lowest BCUT2D eigenvalue weighted by Gasteiger charge is -1.99. The number of hydrogen-bond donors (Lipinski definition) is 1. The fraction of sp³-hybridized carbons (Fsp3) is 0.250. The molecule has 0 fully saturated rings. The number of nitrogens with zero attached hydrogens (tertiary/aromatic N) is 2. The van der Waals surface area contributed by atoms with E-state index in [0.29, 0.717) is 12.4 Å². The van der Waals surface area contributed by atoms with E-state index < -0.39 is 0 Å². The molecule has 4 nitrogen and oxygen atoms in total. The number of aromatic nitrogens is 1. The van der Waals surface area contributed by atoms with E-state index in [9.17, 15) is 0 Å². The zero-order valence-electron chi connectivity index (χ0n) is 6.74. The number of ether oxygens (including phenoxy) is 1. The molecule has 0 saturated carbocycles. The monoisotopic (exact) mass is 163 g/mol. The molecule has 0 amide bonds. The Morgan fingerprint density at radius 3 is 3.00 bits per heavy atom. The van der Waals surface area contributed by atoms with Gasteiger partial charge in [0.15, 0.2) is 6.19 Å². The summed E-state index contributed by atoms with van der Waals surface area (Å²) in [6.45, 7) is 0.507. The van der Waals surface area contributed by atoms with Crippen LogP contribution in [0.1, 0.15) is 5.56 Å². The van der Waals surface area contributed by atoms with Gasteiger partial charge in [-0.25, -0.2) is 4.98 Å². The van der Waals surface area contributed by atoms with Crippen LogP contribution >= 0.6 is 0 Å². The molecular formula is C8H9N3O. The van der Waals surface area contributed by atoms with Crippen molar-refractivity contribution in [2.75, 3.05) is 7.11 Å². The Kier molecular flexibility index (Phi) is 2.91. The molecule has 1 aromatic heterocycles. The second-order valence-corrected chi connectivity index (χ2v) is 2.17. The first-order chi connectivity index (χ1) is 5.86. The maximum absolute atomic E-state index is 8.22. The number of nitrogens with one attached hydrogen (secondary N) is 1. The molecule has 1 heterocycles. The van der Waals surface area contributed by atoms with Gasteiger partial charge in [0.25, 0.3) is 0 Å². The summed E-state index contributed by atoms with van der Waals surface area (Å²) < 4.78 is 4.88. The van der Waals surface area contributed by atoms with E-state index in [2.05, 4.69) is 10.3 Å². The second-order valence-electron chi connectivity index (χ2n) is 2.17. The summed E-state index contributed by atoms with van der Waals surface area (Å²) >= 11 is 0. The molecular weight excluding hydrogens is 154 g/mol. The molecule has 0 aliphatic rings. The summed E-state index contributed by atoms with van der Waals surface area (Å²) in [5, 5.41) is 10.7. The predicted molar refractivity (Wildman–Crippen MR) is 43.2 cm³/mol. The quantitative estimate of drug-likeness (QED) is 0.525. The van der Waals surface area contributed by atoms with Crippen molar-refractivity contribution in [1.82, 2.24) is 10.3 Å². The van der Waals surface area contributed by atoms with Crippen molar-refractivity contribution in [2.45, 2.75) is 6.54 Å². The summed E-state index contributed by atoms with van der Waals surface area (Å²) in [6.07, 6.45) is 3.51. The Labute approximate surface area is 70.8 Å². The van der Waals surface area contributed by atoms with Crippen LogP contribution in [0.2, 0.25) is 0 Å². The molecule has 12 heavy (non-hydrogen) atoms. The molecule has 0 aliphatic heterocycles. The molecule has 0 unspecified atom stereocenters. The third-order valence-corrected chi connectivity index (χ3v) is 1.38. The SMILES string of the molecule is COc1ccc(CNC#N)cn1. The van der Waals surface area contributed by atoms with E-state index in [-0.39, 0.29) is 0 Å². The van der Waals surface area contributed by atoms with Gasteiger partial charge in [0, 0.05) is 12.3 Å².